The summed E-state index contributed by atoms with van der Waals surface area (Å²) in [6, 6.07) is 9.21. The van der Waals surface area contributed by atoms with Crippen molar-refractivity contribution in [2.24, 2.45) is 5.10 Å². The highest BCUT2D eigenvalue weighted by Crippen LogP contribution is 2.35. The van der Waals surface area contributed by atoms with Gasteiger partial charge in [-0.05, 0) is 24.6 Å². The van der Waals surface area contributed by atoms with Crippen LogP contribution in [0.1, 0.15) is 20.8 Å². The van der Waals surface area contributed by atoms with Gasteiger partial charge in [-0.25, -0.2) is 5.43 Å². The number of hydrazone groups is 1. The fourth-order valence-corrected chi connectivity index (χ4v) is 3.79. The van der Waals surface area contributed by atoms with Crippen LogP contribution in [0.25, 0.3) is 10.1 Å². The fraction of sp³-hybridized carbons (Fsp3) is 0.0588. The normalized spacial score (nSPS) is 11.2. The zero-order chi connectivity index (χ0) is 18.8. The van der Waals surface area contributed by atoms with Crippen LogP contribution >= 0.6 is 22.9 Å². The van der Waals surface area contributed by atoms with Crippen LogP contribution in [0.15, 0.2) is 41.5 Å². The number of non-ortho nitro benzene ring substituents is 1. The van der Waals surface area contributed by atoms with E-state index in [9.17, 15) is 20.0 Å². The Hall–Kier alpha value is -2.97. The first-order valence-corrected chi connectivity index (χ1v) is 8.55. The molecule has 0 bridgehead atoms. The average molecular weight is 390 g/mol. The summed E-state index contributed by atoms with van der Waals surface area (Å²) in [6.45, 7) is 1.95. The lowest BCUT2D eigenvalue weighted by Crippen LogP contribution is -2.16. The molecule has 1 heterocycles. The van der Waals surface area contributed by atoms with Crippen LogP contribution in [0, 0.1) is 17.0 Å². The van der Waals surface area contributed by atoms with E-state index in [0.29, 0.717) is 9.90 Å². The summed E-state index contributed by atoms with van der Waals surface area (Å²) in [6.07, 6.45) is 1.13. The molecule has 0 aliphatic heterocycles. The Balaban J connectivity index is 1.81. The quantitative estimate of drug-likeness (QED) is 0.395. The number of fused-ring (bicyclic) bond motifs is 1. The van der Waals surface area contributed by atoms with Gasteiger partial charge in [-0.1, -0.05) is 23.7 Å². The van der Waals surface area contributed by atoms with Gasteiger partial charge in [-0.2, -0.15) is 5.10 Å². The Morgan fingerprint density at radius 1 is 1.35 bits per heavy atom. The molecule has 3 rings (SSSR count). The Kier molecular flexibility index (Phi) is 4.88. The molecule has 2 aromatic carbocycles. The molecule has 2 N–H and O–H groups in total. The zero-order valence-electron chi connectivity index (χ0n) is 13.4. The number of nitrogens with zero attached hydrogens (tertiary/aromatic N) is 2. The van der Waals surface area contributed by atoms with Gasteiger partial charge in [0.25, 0.3) is 11.6 Å². The van der Waals surface area contributed by atoms with E-state index >= 15 is 0 Å². The molecule has 0 atom stereocenters. The summed E-state index contributed by atoms with van der Waals surface area (Å²) >= 11 is 7.51. The molecular formula is C17H12ClN3O4S. The van der Waals surface area contributed by atoms with Crippen molar-refractivity contribution >= 4 is 50.8 Å². The number of aryl methyl sites for hydroxylation is 1. The number of nitro groups is 1. The minimum Gasteiger partial charge on any atom is -0.507 e. The monoisotopic (exact) mass is 389 g/mol. The molecule has 0 spiro atoms. The van der Waals surface area contributed by atoms with Crippen LogP contribution in [0.5, 0.6) is 5.75 Å². The number of carbonyl (C=O) groups excluding carboxylic acids is 1. The molecule has 9 heteroatoms. The maximum absolute atomic E-state index is 12.3. The molecule has 3 aromatic rings. The second-order valence-corrected chi connectivity index (χ2v) is 6.87. The smallest absolute Gasteiger partial charge is 0.283 e. The minimum absolute atomic E-state index is 0.109. The van der Waals surface area contributed by atoms with E-state index in [-0.39, 0.29) is 17.0 Å². The zero-order valence-corrected chi connectivity index (χ0v) is 15.0. The van der Waals surface area contributed by atoms with Crippen LogP contribution in [0.4, 0.5) is 5.69 Å². The predicted octanol–water partition coefficient (Wildman–Crippen LogP) is 4.24. The van der Waals surface area contributed by atoms with E-state index in [1.807, 2.05) is 25.1 Å². The Morgan fingerprint density at radius 3 is 2.85 bits per heavy atom. The number of phenols is 1. The topological polar surface area (TPSA) is 105 Å². The van der Waals surface area contributed by atoms with E-state index in [1.54, 1.807) is 0 Å². The number of benzene rings is 2. The van der Waals surface area contributed by atoms with Gasteiger partial charge in [0, 0.05) is 27.8 Å². The third-order valence-corrected chi connectivity index (χ3v) is 5.24. The van der Waals surface area contributed by atoms with Gasteiger partial charge in [-0.15, -0.1) is 11.3 Å². The molecule has 132 valence electrons. The number of nitro benzene ring substituents is 1. The molecule has 0 fully saturated rings. The molecule has 1 amide bonds. The second-order valence-electron chi connectivity index (χ2n) is 5.44. The number of halogens is 1. The summed E-state index contributed by atoms with van der Waals surface area (Å²) in [4.78, 5) is 22.8. The molecule has 1 aromatic heterocycles. The average Bonchev–Trinajstić information content (AvgIpc) is 2.92. The summed E-state index contributed by atoms with van der Waals surface area (Å²) < 4.78 is 0.889. The van der Waals surface area contributed by atoms with Crippen molar-refractivity contribution in [3.05, 3.63) is 67.5 Å². The van der Waals surface area contributed by atoms with Crippen LogP contribution in [0.2, 0.25) is 5.02 Å². The third kappa shape index (κ3) is 3.51. The number of nitrogens with one attached hydrogen (secondary N) is 1. The van der Waals surface area contributed by atoms with Crippen LogP contribution in [0.3, 0.4) is 0 Å². The number of amides is 1. The number of phenolic OH excluding ortho intramolecular Hbond substituents is 1. The maximum atomic E-state index is 12.3. The van der Waals surface area contributed by atoms with Crippen molar-refractivity contribution in [2.75, 3.05) is 0 Å². The Bertz CT molecular complexity index is 1060. The lowest BCUT2D eigenvalue weighted by molar-refractivity contribution is -0.384. The van der Waals surface area contributed by atoms with Crippen molar-refractivity contribution in [2.45, 2.75) is 6.92 Å². The SMILES string of the molecule is Cc1ccc2c(Cl)c(C(=O)NN=Cc3cc([N+](=O)[O-])ccc3O)sc2c1. The number of carbonyl (C=O) groups is 1. The first-order valence-electron chi connectivity index (χ1n) is 7.36. The summed E-state index contributed by atoms with van der Waals surface area (Å²) in [5.74, 6) is -0.695. The highest BCUT2D eigenvalue weighted by molar-refractivity contribution is 7.21. The lowest BCUT2D eigenvalue weighted by atomic mass is 10.2. The van der Waals surface area contributed by atoms with Crippen molar-refractivity contribution in [1.82, 2.24) is 5.43 Å². The molecule has 0 saturated carbocycles. The molecule has 7 nitrogen and oxygen atoms in total. The predicted molar refractivity (Wildman–Crippen MR) is 101 cm³/mol. The number of hydrogen-bond acceptors (Lipinski definition) is 6. The fourth-order valence-electron chi connectivity index (χ4n) is 2.29. The summed E-state index contributed by atoms with van der Waals surface area (Å²) in [5.41, 5.74) is 3.29. The van der Waals surface area contributed by atoms with Crippen molar-refractivity contribution in [1.29, 1.82) is 0 Å². The standard InChI is InChI=1S/C17H12ClN3O4S/c1-9-2-4-12-14(6-9)26-16(15(12)18)17(23)20-19-8-10-7-11(21(24)25)3-5-13(10)22/h2-8,22H,1H3,(H,20,23). The molecule has 0 aliphatic rings. The van der Waals surface area contributed by atoms with Crippen molar-refractivity contribution < 1.29 is 14.8 Å². The van der Waals surface area contributed by atoms with E-state index in [2.05, 4.69) is 10.5 Å². The highest BCUT2D eigenvalue weighted by atomic mass is 35.5. The first kappa shape index (κ1) is 17.8. The molecule has 0 radical (unpaired) electrons. The van der Waals surface area contributed by atoms with E-state index in [1.165, 1.54) is 23.5 Å². The third-order valence-electron chi connectivity index (χ3n) is 3.58. The largest absolute Gasteiger partial charge is 0.507 e. The Labute approximate surface area is 156 Å². The first-order chi connectivity index (χ1) is 12.4. The summed E-state index contributed by atoms with van der Waals surface area (Å²) in [7, 11) is 0. The molecule has 0 saturated heterocycles. The number of aromatic hydroxyl groups is 1. The van der Waals surface area contributed by atoms with Crippen LogP contribution in [-0.4, -0.2) is 22.2 Å². The van der Waals surface area contributed by atoms with Gasteiger partial charge >= 0.3 is 0 Å². The number of rotatable bonds is 4. The van der Waals surface area contributed by atoms with Crippen molar-refractivity contribution in [3.8, 4) is 5.75 Å². The molecule has 0 aliphatic carbocycles. The van der Waals surface area contributed by atoms with Crippen LogP contribution in [-0.2, 0) is 0 Å². The Morgan fingerprint density at radius 2 is 2.12 bits per heavy atom. The van der Waals surface area contributed by atoms with Gasteiger partial charge in [0.15, 0.2) is 0 Å². The van der Waals surface area contributed by atoms with E-state index < -0.39 is 10.8 Å². The summed E-state index contributed by atoms with van der Waals surface area (Å²) in [5, 5.41) is 25.4. The minimum atomic E-state index is -0.589. The van der Waals surface area contributed by atoms with Crippen molar-refractivity contribution in [3.63, 3.8) is 0 Å². The lowest BCUT2D eigenvalue weighted by Gasteiger charge is -2.00. The maximum Gasteiger partial charge on any atom is 0.283 e. The number of hydrogen-bond donors (Lipinski definition) is 2. The van der Waals surface area contributed by atoms with Gasteiger partial charge < -0.3 is 5.11 Å². The van der Waals surface area contributed by atoms with Gasteiger partial charge in [-0.3, -0.25) is 14.9 Å². The van der Waals surface area contributed by atoms with E-state index in [0.717, 1.165) is 27.9 Å². The second kappa shape index (κ2) is 7.11. The van der Waals surface area contributed by atoms with Crippen LogP contribution < -0.4 is 5.43 Å². The van der Waals surface area contributed by atoms with E-state index in [4.69, 9.17) is 11.6 Å². The van der Waals surface area contributed by atoms with Gasteiger partial charge in [0.2, 0.25) is 0 Å². The van der Waals surface area contributed by atoms with Gasteiger partial charge in [0.05, 0.1) is 16.2 Å². The highest BCUT2D eigenvalue weighted by Gasteiger charge is 2.17. The molecule has 26 heavy (non-hydrogen) atoms. The molecule has 0 unspecified atom stereocenters. The number of thiophene rings is 1. The molecular weight excluding hydrogens is 378 g/mol. The van der Waals surface area contributed by atoms with Gasteiger partial charge in [0.1, 0.15) is 10.6 Å².